The third-order valence-electron chi connectivity index (χ3n) is 2.99. The molecule has 1 atom stereocenters. The Morgan fingerprint density at radius 1 is 1.35 bits per heavy atom. The van der Waals surface area contributed by atoms with E-state index in [1.807, 2.05) is 23.7 Å². The first-order valence-corrected chi connectivity index (χ1v) is 7.52. The molecule has 0 saturated carbocycles. The zero-order valence-electron chi connectivity index (χ0n) is 9.19. The van der Waals surface area contributed by atoms with Crippen molar-refractivity contribution in [2.24, 2.45) is 0 Å². The fraction of sp³-hybridized carbons (Fsp3) is 0.333. The summed E-state index contributed by atoms with van der Waals surface area (Å²) in [5.74, 6) is 0. The lowest BCUT2D eigenvalue weighted by Crippen LogP contribution is -2.15. The molecule has 0 spiro atoms. The van der Waals surface area contributed by atoms with Crippen molar-refractivity contribution in [1.29, 1.82) is 0 Å². The van der Waals surface area contributed by atoms with Gasteiger partial charge < -0.3 is 5.32 Å². The number of halogens is 1. The molecule has 1 unspecified atom stereocenters. The number of nitrogens with one attached hydrogen (secondary N) is 1. The normalized spacial score (nSPS) is 18.8. The van der Waals surface area contributed by atoms with Crippen molar-refractivity contribution in [2.45, 2.75) is 25.3 Å². The highest BCUT2D eigenvalue weighted by atomic mass is 127. The molecule has 0 bridgehead atoms. The van der Waals surface area contributed by atoms with Crippen LogP contribution in [0.5, 0.6) is 0 Å². The van der Waals surface area contributed by atoms with Crippen LogP contribution in [0.4, 0.5) is 5.69 Å². The van der Waals surface area contributed by atoms with Crippen LogP contribution in [0.2, 0.25) is 0 Å². The Balaban J connectivity index is 1.86. The van der Waals surface area contributed by atoms with Crippen LogP contribution in [0.15, 0.2) is 24.8 Å². The van der Waals surface area contributed by atoms with Gasteiger partial charge in [0.25, 0.3) is 0 Å². The number of fused-ring (bicyclic) bond motifs is 1. The number of hydrogen-bond acceptors (Lipinski definition) is 4. The number of nitrogens with zero attached hydrogens (tertiary/aromatic N) is 2. The molecule has 0 radical (unpaired) electrons. The van der Waals surface area contributed by atoms with Gasteiger partial charge in [-0.05, 0) is 53.5 Å². The Morgan fingerprint density at radius 2 is 2.18 bits per heavy atom. The maximum atomic E-state index is 4.04. The first-order valence-electron chi connectivity index (χ1n) is 5.62. The molecular weight excluding hydrogens is 345 g/mol. The molecule has 2 heterocycles. The quantitative estimate of drug-likeness (QED) is 0.834. The van der Waals surface area contributed by atoms with Gasteiger partial charge in [0, 0.05) is 4.88 Å². The van der Waals surface area contributed by atoms with Crippen LogP contribution in [0.25, 0.3) is 0 Å². The molecule has 5 heteroatoms. The van der Waals surface area contributed by atoms with Crippen LogP contribution in [-0.2, 0) is 6.42 Å². The van der Waals surface area contributed by atoms with Crippen molar-refractivity contribution >= 4 is 39.6 Å². The van der Waals surface area contributed by atoms with Crippen molar-refractivity contribution in [3.05, 3.63) is 38.1 Å². The van der Waals surface area contributed by atoms with Crippen LogP contribution in [0.3, 0.4) is 0 Å². The second-order valence-electron chi connectivity index (χ2n) is 4.15. The lowest BCUT2D eigenvalue weighted by atomic mass is 9.94. The molecule has 88 valence electrons. The van der Waals surface area contributed by atoms with E-state index in [4.69, 9.17) is 0 Å². The summed E-state index contributed by atoms with van der Waals surface area (Å²) in [7, 11) is 0. The standard InChI is InChI=1S/C12H12IN3S/c13-12-4-9-10(2-1-3-11(9)17-12)16-8-5-14-7-15-6-8/h4-7,10,16H,1-3H2. The average Bonchev–Trinajstić information content (AvgIpc) is 2.72. The van der Waals surface area contributed by atoms with E-state index in [9.17, 15) is 0 Å². The van der Waals surface area contributed by atoms with E-state index in [2.05, 4.69) is 43.9 Å². The fourth-order valence-electron chi connectivity index (χ4n) is 2.25. The zero-order valence-corrected chi connectivity index (χ0v) is 12.2. The number of thiophene rings is 1. The Bertz CT molecular complexity index is 512. The molecule has 1 aliphatic carbocycles. The maximum absolute atomic E-state index is 4.04. The summed E-state index contributed by atoms with van der Waals surface area (Å²) in [5, 5.41) is 3.53. The number of aryl methyl sites for hydroxylation is 1. The van der Waals surface area contributed by atoms with Gasteiger partial charge in [-0.3, -0.25) is 0 Å². The van der Waals surface area contributed by atoms with E-state index in [-0.39, 0.29) is 0 Å². The predicted molar refractivity (Wildman–Crippen MR) is 78.4 cm³/mol. The first-order chi connectivity index (χ1) is 8.33. The molecule has 17 heavy (non-hydrogen) atoms. The minimum absolute atomic E-state index is 0.421. The highest BCUT2D eigenvalue weighted by molar-refractivity contribution is 14.1. The van der Waals surface area contributed by atoms with E-state index in [1.165, 1.54) is 32.6 Å². The molecule has 3 rings (SSSR count). The van der Waals surface area contributed by atoms with E-state index in [1.54, 1.807) is 6.33 Å². The fourth-order valence-corrected chi connectivity index (χ4v) is 4.37. The summed E-state index contributed by atoms with van der Waals surface area (Å²) in [6, 6.07) is 2.73. The van der Waals surface area contributed by atoms with Crippen LogP contribution < -0.4 is 5.32 Å². The molecule has 1 N–H and O–H groups in total. The lowest BCUT2D eigenvalue weighted by molar-refractivity contribution is 0.608. The van der Waals surface area contributed by atoms with Gasteiger partial charge in [0.2, 0.25) is 0 Å². The minimum Gasteiger partial charge on any atom is -0.376 e. The smallest absolute Gasteiger partial charge is 0.115 e. The van der Waals surface area contributed by atoms with E-state index < -0.39 is 0 Å². The molecule has 0 amide bonds. The van der Waals surface area contributed by atoms with E-state index in [0.717, 1.165) is 5.69 Å². The molecule has 0 aliphatic heterocycles. The summed E-state index contributed by atoms with van der Waals surface area (Å²) in [4.78, 5) is 9.61. The van der Waals surface area contributed by atoms with Crippen LogP contribution in [0, 0.1) is 2.88 Å². The molecule has 2 aromatic heterocycles. The zero-order chi connectivity index (χ0) is 11.7. The van der Waals surface area contributed by atoms with Gasteiger partial charge in [-0.2, -0.15) is 0 Å². The maximum Gasteiger partial charge on any atom is 0.115 e. The molecule has 1 aliphatic rings. The Hall–Kier alpha value is -0.690. The molecular formula is C12H12IN3S. The second-order valence-corrected chi connectivity index (χ2v) is 7.18. The molecule has 0 saturated heterocycles. The Kier molecular flexibility index (Phi) is 3.28. The Morgan fingerprint density at radius 3 is 3.00 bits per heavy atom. The van der Waals surface area contributed by atoms with Gasteiger partial charge >= 0.3 is 0 Å². The molecule has 2 aromatic rings. The molecule has 0 fully saturated rings. The van der Waals surface area contributed by atoms with Crippen LogP contribution in [0.1, 0.15) is 29.3 Å². The van der Waals surface area contributed by atoms with Gasteiger partial charge in [-0.15, -0.1) is 11.3 Å². The number of anilines is 1. The van der Waals surface area contributed by atoms with Crippen molar-refractivity contribution in [2.75, 3.05) is 5.32 Å². The van der Waals surface area contributed by atoms with Gasteiger partial charge in [0.05, 0.1) is 27.0 Å². The SMILES string of the molecule is Ic1cc2c(s1)CCCC2Nc1cncnc1. The van der Waals surface area contributed by atoms with Crippen LogP contribution in [-0.4, -0.2) is 9.97 Å². The number of rotatable bonds is 2. The lowest BCUT2D eigenvalue weighted by Gasteiger charge is -2.24. The summed E-state index contributed by atoms with van der Waals surface area (Å²) in [5.41, 5.74) is 2.47. The second kappa shape index (κ2) is 4.89. The summed E-state index contributed by atoms with van der Waals surface area (Å²) >= 11 is 4.33. The van der Waals surface area contributed by atoms with Crippen molar-refractivity contribution < 1.29 is 0 Å². The predicted octanol–water partition coefficient (Wildman–Crippen LogP) is 3.63. The van der Waals surface area contributed by atoms with Crippen molar-refractivity contribution in [3.63, 3.8) is 0 Å². The molecule has 3 nitrogen and oxygen atoms in total. The topological polar surface area (TPSA) is 37.8 Å². The summed E-state index contributed by atoms with van der Waals surface area (Å²) in [6.45, 7) is 0. The summed E-state index contributed by atoms with van der Waals surface area (Å²) < 4.78 is 1.38. The highest BCUT2D eigenvalue weighted by Gasteiger charge is 2.22. The Labute approximate surface area is 118 Å². The number of aromatic nitrogens is 2. The summed E-state index contributed by atoms with van der Waals surface area (Å²) in [6.07, 6.45) is 8.90. The van der Waals surface area contributed by atoms with Crippen molar-refractivity contribution in [1.82, 2.24) is 9.97 Å². The van der Waals surface area contributed by atoms with Gasteiger partial charge in [0.1, 0.15) is 6.33 Å². The van der Waals surface area contributed by atoms with Gasteiger partial charge in [-0.25, -0.2) is 9.97 Å². The number of hydrogen-bond donors (Lipinski definition) is 1. The third-order valence-corrected chi connectivity index (χ3v) is 4.96. The van der Waals surface area contributed by atoms with Crippen molar-refractivity contribution in [3.8, 4) is 0 Å². The van der Waals surface area contributed by atoms with Gasteiger partial charge in [0.15, 0.2) is 0 Å². The first kappa shape index (κ1) is 11.4. The van der Waals surface area contributed by atoms with E-state index >= 15 is 0 Å². The van der Waals surface area contributed by atoms with Crippen LogP contribution >= 0.6 is 33.9 Å². The minimum atomic E-state index is 0.421. The third kappa shape index (κ3) is 2.44. The van der Waals surface area contributed by atoms with E-state index in [0.29, 0.717) is 6.04 Å². The average molecular weight is 357 g/mol. The molecule has 0 aromatic carbocycles. The monoisotopic (exact) mass is 357 g/mol. The van der Waals surface area contributed by atoms with Gasteiger partial charge in [-0.1, -0.05) is 0 Å². The largest absolute Gasteiger partial charge is 0.376 e. The highest BCUT2D eigenvalue weighted by Crippen LogP contribution is 2.37.